The van der Waals surface area contributed by atoms with Gasteiger partial charge in [0.05, 0.1) is 6.04 Å². The van der Waals surface area contributed by atoms with Crippen LogP contribution in [0.1, 0.15) is 67.2 Å². The first-order valence-electron chi connectivity index (χ1n) is 9.92. The van der Waals surface area contributed by atoms with Crippen LogP contribution >= 0.6 is 0 Å². The minimum atomic E-state index is -1.90. The van der Waals surface area contributed by atoms with Crippen molar-refractivity contribution in [2.75, 3.05) is 0 Å². The molecule has 0 aromatic heterocycles. The van der Waals surface area contributed by atoms with Crippen molar-refractivity contribution in [3.63, 3.8) is 0 Å². The zero-order chi connectivity index (χ0) is 18.8. The van der Waals surface area contributed by atoms with Gasteiger partial charge in [-0.25, -0.2) is 9.69 Å². The van der Waals surface area contributed by atoms with Crippen LogP contribution in [0.5, 0.6) is 0 Å². The zero-order valence-corrected chi connectivity index (χ0v) is 17.8. The Morgan fingerprint density at radius 3 is 2.08 bits per heavy atom. The average Bonchev–Trinajstić information content (AvgIpc) is 3.05. The van der Waals surface area contributed by atoms with Gasteiger partial charge in [0.2, 0.25) is 0 Å². The van der Waals surface area contributed by atoms with E-state index in [2.05, 4.69) is 20.8 Å². The first-order chi connectivity index (χ1) is 11.7. The number of carbonyl (C=O) groups excluding carboxylic acids is 2. The Labute approximate surface area is 153 Å². The molecule has 2 unspecified atom stereocenters. The number of hydrogen-bond donors (Lipinski definition) is 0. The number of amides is 2. The van der Waals surface area contributed by atoms with E-state index in [1.807, 2.05) is 20.8 Å². The van der Waals surface area contributed by atoms with Gasteiger partial charge < -0.3 is 9.16 Å². The van der Waals surface area contributed by atoms with E-state index in [0.717, 1.165) is 31.0 Å². The van der Waals surface area contributed by atoms with Gasteiger partial charge in [-0.1, -0.05) is 33.6 Å². The molecule has 0 N–H and O–H groups in total. The largest absolute Gasteiger partial charge is 0.443 e. The number of carbonyl (C=O) groups is 2. The van der Waals surface area contributed by atoms with Gasteiger partial charge in [0.1, 0.15) is 11.7 Å². The maximum Gasteiger partial charge on any atom is 0.417 e. The Balaban J connectivity index is 2.20. The van der Waals surface area contributed by atoms with Crippen LogP contribution in [0.15, 0.2) is 0 Å². The summed E-state index contributed by atoms with van der Waals surface area (Å²) in [7, 11) is -1.90. The lowest BCUT2D eigenvalue weighted by atomic mass is 9.85. The van der Waals surface area contributed by atoms with E-state index in [-0.39, 0.29) is 11.9 Å². The fourth-order valence-corrected chi connectivity index (χ4v) is 6.93. The molecule has 2 aliphatic rings. The van der Waals surface area contributed by atoms with E-state index in [1.165, 1.54) is 17.7 Å². The highest BCUT2D eigenvalue weighted by atomic mass is 28.4. The van der Waals surface area contributed by atoms with E-state index in [0.29, 0.717) is 5.92 Å². The highest BCUT2D eigenvalue weighted by Gasteiger charge is 2.58. The maximum atomic E-state index is 12.8. The van der Waals surface area contributed by atoms with Crippen LogP contribution in [0.2, 0.25) is 18.1 Å². The lowest BCUT2D eigenvalue weighted by Crippen LogP contribution is -2.72. The molecule has 1 saturated carbocycles. The van der Waals surface area contributed by atoms with Gasteiger partial charge in [-0.05, 0) is 57.7 Å². The molecule has 2 rings (SSSR count). The highest BCUT2D eigenvalue weighted by molar-refractivity contribution is 6.73. The van der Waals surface area contributed by atoms with E-state index in [4.69, 9.17) is 9.16 Å². The second kappa shape index (κ2) is 7.78. The predicted octanol–water partition coefficient (Wildman–Crippen LogP) is 4.71. The Bertz CT molecular complexity index is 484. The highest BCUT2D eigenvalue weighted by Crippen LogP contribution is 2.41. The summed E-state index contributed by atoms with van der Waals surface area (Å²) in [5, 5.41) is 0. The van der Waals surface area contributed by atoms with Crippen LogP contribution in [-0.2, 0) is 14.0 Å². The Kier molecular flexibility index (Phi) is 6.36. The molecule has 0 bridgehead atoms. The monoisotopic (exact) mass is 369 g/mol. The quantitative estimate of drug-likeness (QED) is 0.502. The molecule has 6 heteroatoms. The molecule has 2 atom stereocenters. The normalized spacial score (nSPS) is 25.2. The second-order valence-electron chi connectivity index (χ2n) is 8.51. The first-order valence-corrected chi connectivity index (χ1v) is 12.4. The van der Waals surface area contributed by atoms with Crippen molar-refractivity contribution in [1.29, 1.82) is 0 Å². The summed E-state index contributed by atoms with van der Waals surface area (Å²) in [6.07, 6.45) is 3.52. The van der Waals surface area contributed by atoms with Crippen molar-refractivity contribution < 1.29 is 18.8 Å². The molecule has 1 saturated heterocycles. The van der Waals surface area contributed by atoms with Crippen molar-refractivity contribution >= 4 is 20.3 Å². The number of ether oxygens (including phenoxy) is 1. The van der Waals surface area contributed by atoms with Gasteiger partial charge in [-0.15, -0.1) is 0 Å². The van der Waals surface area contributed by atoms with Crippen molar-refractivity contribution in [3.8, 4) is 0 Å². The number of hydrogen-bond acceptors (Lipinski definition) is 4. The molecule has 0 radical (unpaired) electrons. The van der Waals surface area contributed by atoms with Crippen LogP contribution in [0.25, 0.3) is 0 Å². The fourth-order valence-electron chi connectivity index (χ4n) is 4.15. The molecule has 1 aliphatic carbocycles. The minimum absolute atomic E-state index is 0.138. The Hall–Kier alpha value is -0.883. The van der Waals surface area contributed by atoms with Gasteiger partial charge in [0, 0.05) is 0 Å². The van der Waals surface area contributed by atoms with Crippen LogP contribution < -0.4 is 0 Å². The van der Waals surface area contributed by atoms with Gasteiger partial charge in [0.15, 0.2) is 8.32 Å². The average molecular weight is 370 g/mol. The topological polar surface area (TPSA) is 55.8 Å². The van der Waals surface area contributed by atoms with Crippen LogP contribution in [0, 0.1) is 5.92 Å². The summed E-state index contributed by atoms with van der Waals surface area (Å²) in [6, 6.07) is 2.89. The van der Waals surface area contributed by atoms with E-state index >= 15 is 0 Å². The molecular weight excluding hydrogens is 334 g/mol. The smallest absolute Gasteiger partial charge is 0.417 e. The van der Waals surface area contributed by atoms with Crippen molar-refractivity contribution in [3.05, 3.63) is 0 Å². The lowest BCUT2D eigenvalue weighted by molar-refractivity contribution is -0.166. The third kappa shape index (κ3) is 4.27. The van der Waals surface area contributed by atoms with Gasteiger partial charge in [0.25, 0.3) is 5.91 Å². The first kappa shape index (κ1) is 20.4. The molecule has 2 amide bonds. The van der Waals surface area contributed by atoms with Gasteiger partial charge in [-0.2, -0.15) is 0 Å². The zero-order valence-electron chi connectivity index (χ0n) is 16.8. The summed E-state index contributed by atoms with van der Waals surface area (Å²) >= 11 is 0. The van der Waals surface area contributed by atoms with Crippen LogP contribution in [-0.4, -0.2) is 43.0 Å². The molecule has 1 aliphatic heterocycles. The standard InChI is InChI=1S/C19H35NO4Si/c1-7-25(8-2,9-3)24-16-15(14-12-10-11-13-14)20(17(16)21)18(22)23-19(4,5)6/h14-16H,7-13H2,1-6H3. The SMILES string of the molecule is CC[Si](CC)(CC)OC1C(=O)N(C(=O)OC(C)(C)C)C1C1CCCC1. The number of nitrogens with zero attached hydrogens (tertiary/aromatic N) is 1. The summed E-state index contributed by atoms with van der Waals surface area (Å²) in [5.74, 6) is 0.158. The van der Waals surface area contributed by atoms with Crippen molar-refractivity contribution in [2.45, 2.75) is 103 Å². The number of likely N-dealkylation sites (tertiary alicyclic amines) is 1. The van der Waals surface area contributed by atoms with Crippen molar-refractivity contribution in [2.24, 2.45) is 5.92 Å². The molecule has 1 heterocycles. The predicted molar refractivity (Wildman–Crippen MR) is 101 cm³/mol. The van der Waals surface area contributed by atoms with E-state index < -0.39 is 26.1 Å². The van der Waals surface area contributed by atoms with E-state index in [9.17, 15) is 9.59 Å². The molecular formula is C19H35NO4Si. The minimum Gasteiger partial charge on any atom is -0.443 e. The molecule has 5 nitrogen and oxygen atoms in total. The summed E-state index contributed by atoms with van der Waals surface area (Å²) in [4.78, 5) is 26.7. The fraction of sp³-hybridized carbons (Fsp3) is 0.895. The number of imide groups is 1. The van der Waals surface area contributed by atoms with E-state index in [1.54, 1.807) is 0 Å². The second-order valence-corrected chi connectivity index (χ2v) is 13.2. The lowest BCUT2D eigenvalue weighted by Gasteiger charge is -2.50. The molecule has 144 valence electrons. The maximum absolute atomic E-state index is 12.8. The third-order valence-corrected chi connectivity index (χ3v) is 10.5. The summed E-state index contributed by atoms with van der Waals surface area (Å²) in [6.45, 7) is 12.0. The van der Waals surface area contributed by atoms with Crippen molar-refractivity contribution in [1.82, 2.24) is 4.90 Å². The molecule has 0 aromatic carbocycles. The molecule has 25 heavy (non-hydrogen) atoms. The summed E-state index contributed by atoms with van der Waals surface area (Å²) in [5.41, 5.74) is -0.599. The van der Waals surface area contributed by atoms with Gasteiger partial charge >= 0.3 is 6.09 Å². The third-order valence-electron chi connectivity index (χ3n) is 5.87. The Morgan fingerprint density at radius 1 is 1.12 bits per heavy atom. The summed E-state index contributed by atoms with van der Waals surface area (Å²) < 4.78 is 12.0. The molecule has 0 aromatic rings. The number of rotatable bonds is 6. The van der Waals surface area contributed by atoms with Crippen LogP contribution in [0.4, 0.5) is 4.79 Å². The Morgan fingerprint density at radius 2 is 1.64 bits per heavy atom. The number of β-lactam (4-membered cyclic amide) rings is 1. The molecule has 0 spiro atoms. The van der Waals surface area contributed by atoms with Gasteiger partial charge in [-0.3, -0.25) is 4.79 Å². The molecule has 2 fully saturated rings. The van der Waals surface area contributed by atoms with Crippen LogP contribution in [0.3, 0.4) is 0 Å².